The number of aryl methyl sites for hydroxylation is 1. The standard InChI is InChI=1S/C23H32N4O3S/c1-4-11-26(14-17-7-8-17)22(28)18-6-5-12-27(15-18)23-24-16(2)20-10-9-19(31(3,29)30)13-21(20)25-23/h9-10,13,17-18H,4-8,11-12,14-15H2,1-3H3. The number of carbonyl (C=O) groups excluding carboxylic acids is 1. The maximum Gasteiger partial charge on any atom is 0.227 e. The molecular weight excluding hydrogens is 412 g/mol. The van der Waals surface area contributed by atoms with Gasteiger partial charge in [0.1, 0.15) is 0 Å². The van der Waals surface area contributed by atoms with Gasteiger partial charge in [-0.3, -0.25) is 4.79 Å². The molecule has 1 aromatic carbocycles. The summed E-state index contributed by atoms with van der Waals surface area (Å²) in [5.41, 5.74) is 1.44. The molecular formula is C23H32N4O3S. The third kappa shape index (κ3) is 5.00. The molecule has 1 saturated heterocycles. The minimum absolute atomic E-state index is 0.0407. The number of aromatic nitrogens is 2. The lowest BCUT2D eigenvalue weighted by Gasteiger charge is -2.35. The van der Waals surface area contributed by atoms with E-state index in [1.54, 1.807) is 18.2 Å². The lowest BCUT2D eigenvalue weighted by Crippen LogP contribution is -2.46. The largest absolute Gasteiger partial charge is 0.342 e. The number of hydrogen-bond donors (Lipinski definition) is 0. The molecule has 2 fully saturated rings. The van der Waals surface area contributed by atoms with E-state index in [0.29, 0.717) is 23.9 Å². The molecule has 0 N–H and O–H groups in total. The van der Waals surface area contributed by atoms with Crippen molar-refractivity contribution in [2.45, 2.75) is 50.8 Å². The molecule has 4 rings (SSSR count). The predicted octanol–water partition coefficient (Wildman–Crippen LogP) is 3.21. The van der Waals surface area contributed by atoms with Gasteiger partial charge < -0.3 is 9.80 Å². The Balaban J connectivity index is 1.57. The number of piperidine rings is 1. The minimum Gasteiger partial charge on any atom is -0.342 e. The normalized spacial score (nSPS) is 19.6. The van der Waals surface area contributed by atoms with Crippen LogP contribution in [0.4, 0.5) is 5.95 Å². The van der Waals surface area contributed by atoms with E-state index in [9.17, 15) is 13.2 Å². The molecule has 31 heavy (non-hydrogen) atoms. The van der Waals surface area contributed by atoms with Crippen molar-refractivity contribution in [2.75, 3.05) is 37.3 Å². The Morgan fingerprint density at radius 1 is 1.23 bits per heavy atom. The van der Waals surface area contributed by atoms with Crippen LogP contribution in [0.2, 0.25) is 0 Å². The second kappa shape index (κ2) is 8.73. The number of anilines is 1. The van der Waals surface area contributed by atoms with Gasteiger partial charge in [0, 0.05) is 37.8 Å². The Labute approximate surface area is 184 Å². The summed E-state index contributed by atoms with van der Waals surface area (Å²) < 4.78 is 23.9. The lowest BCUT2D eigenvalue weighted by molar-refractivity contribution is -0.136. The van der Waals surface area contributed by atoms with E-state index >= 15 is 0 Å². The third-order valence-corrected chi connectivity index (χ3v) is 7.42. The predicted molar refractivity (Wildman–Crippen MR) is 122 cm³/mol. The maximum absolute atomic E-state index is 13.3. The summed E-state index contributed by atoms with van der Waals surface area (Å²) in [6.07, 6.45) is 6.47. The van der Waals surface area contributed by atoms with Crippen molar-refractivity contribution in [1.29, 1.82) is 0 Å². The average Bonchev–Trinajstić information content (AvgIpc) is 3.56. The molecule has 168 valence electrons. The highest BCUT2D eigenvalue weighted by Crippen LogP contribution is 2.31. The Kier molecular flexibility index (Phi) is 6.19. The van der Waals surface area contributed by atoms with Crippen LogP contribution in [0.25, 0.3) is 10.9 Å². The number of benzene rings is 1. The van der Waals surface area contributed by atoms with Gasteiger partial charge in [-0.25, -0.2) is 18.4 Å². The SMILES string of the molecule is CCCN(CC1CC1)C(=O)C1CCCN(c2nc(C)c3ccc(S(C)(=O)=O)cc3n2)C1. The fourth-order valence-corrected chi connectivity index (χ4v) is 5.06. The molecule has 0 bridgehead atoms. The summed E-state index contributed by atoms with van der Waals surface area (Å²) in [6, 6.07) is 4.99. The summed E-state index contributed by atoms with van der Waals surface area (Å²) in [5.74, 6) is 1.49. The van der Waals surface area contributed by atoms with Gasteiger partial charge in [0.15, 0.2) is 9.84 Å². The summed E-state index contributed by atoms with van der Waals surface area (Å²) in [4.78, 5) is 27.0. The average molecular weight is 445 g/mol. The van der Waals surface area contributed by atoms with Crippen molar-refractivity contribution in [2.24, 2.45) is 11.8 Å². The second-order valence-electron chi connectivity index (χ2n) is 9.07. The monoisotopic (exact) mass is 444 g/mol. The molecule has 2 heterocycles. The van der Waals surface area contributed by atoms with Crippen molar-refractivity contribution in [3.8, 4) is 0 Å². The number of carbonyl (C=O) groups is 1. The highest BCUT2D eigenvalue weighted by molar-refractivity contribution is 7.90. The number of hydrogen-bond acceptors (Lipinski definition) is 6. The van der Waals surface area contributed by atoms with Gasteiger partial charge in [0.05, 0.1) is 22.0 Å². The number of rotatable bonds is 7. The highest BCUT2D eigenvalue weighted by Gasteiger charge is 2.33. The zero-order valence-electron chi connectivity index (χ0n) is 18.7. The summed E-state index contributed by atoms with van der Waals surface area (Å²) in [7, 11) is -3.31. The molecule has 1 unspecified atom stereocenters. The molecule has 0 spiro atoms. The van der Waals surface area contributed by atoms with Crippen molar-refractivity contribution in [3.63, 3.8) is 0 Å². The second-order valence-corrected chi connectivity index (χ2v) is 11.1. The molecule has 1 saturated carbocycles. The number of sulfone groups is 1. The summed E-state index contributed by atoms with van der Waals surface area (Å²) in [5, 5.41) is 0.847. The van der Waals surface area contributed by atoms with Gasteiger partial charge in [-0.15, -0.1) is 0 Å². The van der Waals surface area contributed by atoms with Crippen molar-refractivity contribution in [1.82, 2.24) is 14.9 Å². The van der Waals surface area contributed by atoms with Crippen LogP contribution < -0.4 is 4.90 Å². The molecule has 2 aliphatic rings. The van der Waals surface area contributed by atoms with E-state index in [1.807, 2.05) is 6.92 Å². The van der Waals surface area contributed by atoms with Crippen LogP contribution in [0.5, 0.6) is 0 Å². The van der Waals surface area contributed by atoms with Gasteiger partial charge >= 0.3 is 0 Å². The summed E-state index contributed by atoms with van der Waals surface area (Å²) in [6.45, 7) is 7.17. The Morgan fingerprint density at radius 3 is 2.68 bits per heavy atom. The van der Waals surface area contributed by atoms with Crippen LogP contribution in [-0.2, 0) is 14.6 Å². The van der Waals surface area contributed by atoms with Crippen LogP contribution in [0.3, 0.4) is 0 Å². The molecule has 7 nitrogen and oxygen atoms in total. The van der Waals surface area contributed by atoms with Crippen molar-refractivity contribution < 1.29 is 13.2 Å². The lowest BCUT2D eigenvalue weighted by atomic mass is 9.96. The first-order chi connectivity index (χ1) is 14.8. The molecule has 1 aliphatic carbocycles. The van der Waals surface area contributed by atoms with E-state index in [2.05, 4.69) is 16.7 Å². The highest BCUT2D eigenvalue weighted by atomic mass is 32.2. The topological polar surface area (TPSA) is 83.5 Å². The fraction of sp³-hybridized carbons (Fsp3) is 0.609. The van der Waals surface area contributed by atoms with Crippen molar-refractivity contribution in [3.05, 3.63) is 23.9 Å². The minimum atomic E-state index is -3.31. The first kappa shape index (κ1) is 22.0. The first-order valence-electron chi connectivity index (χ1n) is 11.3. The van der Waals surface area contributed by atoms with Gasteiger partial charge in [0.25, 0.3) is 0 Å². The molecule has 1 amide bonds. The number of nitrogens with zero attached hydrogens (tertiary/aromatic N) is 4. The Bertz CT molecular complexity index is 1080. The Hall–Kier alpha value is -2.22. The van der Waals surface area contributed by atoms with E-state index in [0.717, 1.165) is 50.0 Å². The van der Waals surface area contributed by atoms with Gasteiger partial charge in [-0.1, -0.05) is 6.92 Å². The fourth-order valence-electron chi connectivity index (χ4n) is 4.42. The molecule has 1 aromatic heterocycles. The van der Waals surface area contributed by atoms with E-state index in [1.165, 1.54) is 19.1 Å². The first-order valence-corrected chi connectivity index (χ1v) is 13.2. The summed E-state index contributed by atoms with van der Waals surface area (Å²) >= 11 is 0. The number of fused-ring (bicyclic) bond motifs is 1. The van der Waals surface area contributed by atoms with E-state index in [-0.39, 0.29) is 16.7 Å². The van der Waals surface area contributed by atoms with Crippen LogP contribution >= 0.6 is 0 Å². The maximum atomic E-state index is 13.3. The third-order valence-electron chi connectivity index (χ3n) is 6.31. The quantitative estimate of drug-likeness (QED) is 0.652. The Morgan fingerprint density at radius 2 is 2.00 bits per heavy atom. The molecule has 1 atom stereocenters. The van der Waals surface area contributed by atoms with Crippen LogP contribution in [-0.4, -0.2) is 61.6 Å². The van der Waals surface area contributed by atoms with Crippen LogP contribution in [0.1, 0.15) is 44.7 Å². The smallest absolute Gasteiger partial charge is 0.227 e. The molecule has 0 radical (unpaired) electrons. The molecule has 8 heteroatoms. The van der Waals surface area contributed by atoms with Crippen LogP contribution in [0.15, 0.2) is 23.1 Å². The van der Waals surface area contributed by atoms with Gasteiger partial charge in [-0.05, 0) is 63.1 Å². The number of amides is 1. The van der Waals surface area contributed by atoms with Crippen molar-refractivity contribution >= 4 is 32.6 Å². The van der Waals surface area contributed by atoms with Gasteiger partial charge in [0.2, 0.25) is 11.9 Å². The van der Waals surface area contributed by atoms with Gasteiger partial charge in [-0.2, -0.15) is 0 Å². The van der Waals surface area contributed by atoms with E-state index in [4.69, 9.17) is 9.97 Å². The zero-order chi connectivity index (χ0) is 22.2. The van der Waals surface area contributed by atoms with Crippen LogP contribution in [0, 0.1) is 18.8 Å². The van der Waals surface area contributed by atoms with E-state index < -0.39 is 9.84 Å². The molecule has 1 aliphatic heterocycles. The zero-order valence-corrected chi connectivity index (χ0v) is 19.5. The molecule has 2 aromatic rings.